The Morgan fingerprint density at radius 2 is 1.83 bits per heavy atom. The SMILES string of the molecule is Cc1ccc(CC(C)C)cc1NC(=O)c1cccc(C(F)(F)F)c1. The molecule has 2 aromatic carbocycles. The zero-order valence-electron chi connectivity index (χ0n) is 13.9. The second kappa shape index (κ2) is 7.07. The highest BCUT2D eigenvalue weighted by Crippen LogP contribution is 2.29. The van der Waals surface area contributed by atoms with Crippen LogP contribution in [0.5, 0.6) is 0 Å². The smallest absolute Gasteiger partial charge is 0.322 e. The van der Waals surface area contributed by atoms with Crippen molar-refractivity contribution in [1.82, 2.24) is 0 Å². The Balaban J connectivity index is 2.24. The van der Waals surface area contributed by atoms with Crippen LogP contribution >= 0.6 is 0 Å². The Morgan fingerprint density at radius 1 is 1.12 bits per heavy atom. The molecule has 0 fully saturated rings. The lowest BCUT2D eigenvalue weighted by molar-refractivity contribution is -0.137. The lowest BCUT2D eigenvalue weighted by atomic mass is 10.0. The van der Waals surface area contributed by atoms with Crippen LogP contribution < -0.4 is 5.32 Å². The van der Waals surface area contributed by atoms with E-state index in [4.69, 9.17) is 0 Å². The molecule has 0 aliphatic carbocycles. The van der Waals surface area contributed by atoms with E-state index in [1.165, 1.54) is 12.1 Å². The van der Waals surface area contributed by atoms with Crippen LogP contribution in [0.3, 0.4) is 0 Å². The predicted molar refractivity (Wildman–Crippen MR) is 89.1 cm³/mol. The van der Waals surface area contributed by atoms with Gasteiger partial charge in [-0.05, 0) is 54.7 Å². The van der Waals surface area contributed by atoms with E-state index >= 15 is 0 Å². The molecule has 128 valence electrons. The van der Waals surface area contributed by atoms with E-state index in [2.05, 4.69) is 19.2 Å². The van der Waals surface area contributed by atoms with Crippen LogP contribution in [0.25, 0.3) is 0 Å². The van der Waals surface area contributed by atoms with Gasteiger partial charge >= 0.3 is 6.18 Å². The Kier molecular flexibility index (Phi) is 5.32. The van der Waals surface area contributed by atoms with E-state index in [0.29, 0.717) is 11.6 Å². The van der Waals surface area contributed by atoms with Crippen LogP contribution in [0.4, 0.5) is 18.9 Å². The fraction of sp³-hybridized carbons (Fsp3) is 0.316. The summed E-state index contributed by atoms with van der Waals surface area (Å²) in [5, 5.41) is 2.71. The first-order valence-corrected chi connectivity index (χ1v) is 7.75. The van der Waals surface area contributed by atoms with Crippen LogP contribution in [-0.2, 0) is 12.6 Å². The maximum atomic E-state index is 12.8. The van der Waals surface area contributed by atoms with Crippen LogP contribution in [0, 0.1) is 12.8 Å². The minimum Gasteiger partial charge on any atom is -0.322 e. The summed E-state index contributed by atoms with van der Waals surface area (Å²) < 4.78 is 38.3. The number of alkyl halides is 3. The molecule has 0 spiro atoms. The lowest BCUT2D eigenvalue weighted by Crippen LogP contribution is -2.15. The summed E-state index contributed by atoms with van der Waals surface area (Å²) in [6.07, 6.45) is -3.60. The number of amides is 1. The number of rotatable bonds is 4. The topological polar surface area (TPSA) is 29.1 Å². The number of halogens is 3. The normalized spacial score (nSPS) is 11.6. The minimum atomic E-state index is -4.47. The zero-order valence-corrected chi connectivity index (χ0v) is 13.9. The molecule has 0 saturated carbocycles. The first kappa shape index (κ1) is 18.0. The van der Waals surface area contributed by atoms with Gasteiger partial charge in [0.25, 0.3) is 5.91 Å². The monoisotopic (exact) mass is 335 g/mol. The van der Waals surface area contributed by atoms with Gasteiger partial charge in [0, 0.05) is 11.3 Å². The lowest BCUT2D eigenvalue weighted by Gasteiger charge is -2.13. The van der Waals surface area contributed by atoms with Crippen molar-refractivity contribution < 1.29 is 18.0 Å². The highest BCUT2D eigenvalue weighted by Gasteiger charge is 2.30. The molecule has 24 heavy (non-hydrogen) atoms. The van der Waals surface area contributed by atoms with Crippen molar-refractivity contribution in [2.24, 2.45) is 5.92 Å². The maximum Gasteiger partial charge on any atom is 0.416 e. The molecule has 0 aromatic heterocycles. The fourth-order valence-electron chi connectivity index (χ4n) is 2.43. The summed E-state index contributed by atoms with van der Waals surface area (Å²) in [7, 11) is 0. The third-order valence-electron chi connectivity index (χ3n) is 3.65. The molecule has 2 rings (SSSR count). The average molecular weight is 335 g/mol. The fourth-order valence-corrected chi connectivity index (χ4v) is 2.43. The number of benzene rings is 2. The van der Waals surface area contributed by atoms with Gasteiger partial charge in [-0.15, -0.1) is 0 Å². The number of carbonyl (C=O) groups is 1. The summed E-state index contributed by atoms with van der Waals surface area (Å²) in [6.45, 7) is 6.04. The number of nitrogens with one attached hydrogen (secondary N) is 1. The number of anilines is 1. The van der Waals surface area contributed by atoms with Gasteiger partial charge in [-0.1, -0.05) is 32.0 Å². The number of hydrogen-bond acceptors (Lipinski definition) is 1. The first-order chi connectivity index (χ1) is 11.2. The van der Waals surface area contributed by atoms with Gasteiger partial charge in [-0.3, -0.25) is 4.79 Å². The van der Waals surface area contributed by atoms with Crippen LogP contribution in [-0.4, -0.2) is 5.91 Å². The van der Waals surface area contributed by atoms with E-state index < -0.39 is 17.6 Å². The summed E-state index contributed by atoms with van der Waals surface area (Å²) >= 11 is 0. The van der Waals surface area contributed by atoms with Crippen molar-refractivity contribution in [2.45, 2.75) is 33.4 Å². The molecule has 5 heteroatoms. The van der Waals surface area contributed by atoms with Crippen molar-refractivity contribution in [3.8, 4) is 0 Å². The van der Waals surface area contributed by atoms with Gasteiger partial charge in [-0.25, -0.2) is 0 Å². The second-order valence-electron chi connectivity index (χ2n) is 6.28. The molecule has 0 atom stereocenters. The van der Waals surface area contributed by atoms with Crippen molar-refractivity contribution in [3.05, 3.63) is 64.7 Å². The third-order valence-corrected chi connectivity index (χ3v) is 3.65. The summed E-state index contributed by atoms with van der Waals surface area (Å²) in [5.74, 6) is -0.0781. The number of carbonyl (C=O) groups excluding carboxylic acids is 1. The van der Waals surface area contributed by atoms with Gasteiger partial charge in [0.2, 0.25) is 0 Å². The highest BCUT2D eigenvalue weighted by atomic mass is 19.4. The van der Waals surface area contributed by atoms with E-state index in [0.717, 1.165) is 29.7 Å². The molecule has 0 saturated heterocycles. The van der Waals surface area contributed by atoms with Crippen molar-refractivity contribution >= 4 is 11.6 Å². The third kappa shape index (κ3) is 4.60. The van der Waals surface area contributed by atoms with Crippen molar-refractivity contribution in [1.29, 1.82) is 0 Å². The molecule has 0 heterocycles. The number of hydrogen-bond donors (Lipinski definition) is 1. The van der Waals surface area contributed by atoms with Crippen LogP contribution in [0.2, 0.25) is 0 Å². The molecule has 2 nitrogen and oxygen atoms in total. The Bertz CT molecular complexity index is 736. The highest BCUT2D eigenvalue weighted by molar-refractivity contribution is 6.04. The summed E-state index contributed by atoms with van der Waals surface area (Å²) in [4.78, 5) is 12.3. The summed E-state index contributed by atoms with van der Waals surface area (Å²) in [6, 6.07) is 10.2. The van der Waals surface area contributed by atoms with Crippen molar-refractivity contribution in [2.75, 3.05) is 5.32 Å². The molecule has 0 aliphatic rings. The molecular formula is C19H20F3NO. The van der Waals surface area contributed by atoms with Gasteiger partial charge in [0.05, 0.1) is 5.56 Å². The molecule has 0 bridgehead atoms. The molecule has 1 amide bonds. The van der Waals surface area contributed by atoms with Gasteiger partial charge < -0.3 is 5.32 Å². The molecular weight excluding hydrogens is 315 g/mol. The van der Waals surface area contributed by atoms with Gasteiger partial charge in [-0.2, -0.15) is 13.2 Å². The van der Waals surface area contributed by atoms with E-state index in [1.54, 1.807) is 0 Å². The predicted octanol–water partition coefficient (Wildman–Crippen LogP) is 5.46. The van der Waals surface area contributed by atoms with Gasteiger partial charge in [0.1, 0.15) is 0 Å². The van der Waals surface area contributed by atoms with E-state index in [1.807, 2.05) is 25.1 Å². The van der Waals surface area contributed by atoms with E-state index in [-0.39, 0.29) is 5.56 Å². The van der Waals surface area contributed by atoms with Crippen molar-refractivity contribution in [3.63, 3.8) is 0 Å². The number of aryl methyl sites for hydroxylation is 1. The van der Waals surface area contributed by atoms with Gasteiger partial charge in [0.15, 0.2) is 0 Å². The standard InChI is InChI=1S/C19H20F3NO/c1-12(2)9-14-8-7-13(3)17(10-14)23-18(24)15-5-4-6-16(11-15)19(20,21)22/h4-8,10-12H,9H2,1-3H3,(H,23,24). The zero-order chi connectivity index (χ0) is 17.9. The molecule has 0 aliphatic heterocycles. The summed E-state index contributed by atoms with van der Waals surface area (Å²) in [5.41, 5.74) is 1.72. The molecule has 0 radical (unpaired) electrons. The maximum absolute atomic E-state index is 12.8. The minimum absolute atomic E-state index is 0.0153. The molecule has 2 aromatic rings. The van der Waals surface area contributed by atoms with Crippen LogP contribution in [0.15, 0.2) is 42.5 Å². The average Bonchev–Trinajstić information content (AvgIpc) is 2.49. The van der Waals surface area contributed by atoms with E-state index in [9.17, 15) is 18.0 Å². The Morgan fingerprint density at radius 3 is 2.46 bits per heavy atom. The molecule has 0 unspecified atom stereocenters. The quantitative estimate of drug-likeness (QED) is 0.789. The largest absolute Gasteiger partial charge is 0.416 e. The first-order valence-electron chi connectivity index (χ1n) is 7.75. The Labute approximate surface area is 139 Å². The molecule has 1 N–H and O–H groups in total. The second-order valence-corrected chi connectivity index (χ2v) is 6.28. The Hall–Kier alpha value is -2.30. The van der Waals surface area contributed by atoms with Crippen LogP contribution in [0.1, 0.15) is 40.9 Å².